The van der Waals surface area contributed by atoms with Crippen LogP contribution >= 0.6 is 0 Å². The Morgan fingerprint density at radius 1 is 1.50 bits per heavy atom. The second-order valence-corrected chi connectivity index (χ2v) is 4.90. The number of hydrogen-bond acceptors (Lipinski definition) is 3. The summed E-state index contributed by atoms with van der Waals surface area (Å²) in [6.07, 6.45) is 7.23. The van der Waals surface area contributed by atoms with E-state index < -0.39 is 5.97 Å². The minimum absolute atomic E-state index is 0.0369. The minimum atomic E-state index is -0.841. The molecule has 0 radical (unpaired) electrons. The molecular formula is C14H21N3O3. The number of nitrogens with zero attached hydrogens (tertiary/aromatic N) is 3. The van der Waals surface area contributed by atoms with Crippen LogP contribution in [0.4, 0.5) is 0 Å². The zero-order valence-corrected chi connectivity index (χ0v) is 12.1. The number of rotatable bonds is 7. The normalized spacial score (nSPS) is 11.2. The van der Waals surface area contributed by atoms with Crippen molar-refractivity contribution in [1.29, 1.82) is 0 Å². The maximum Gasteiger partial charge on any atom is 0.303 e. The molecule has 0 aliphatic carbocycles. The lowest BCUT2D eigenvalue weighted by Crippen LogP contribution is -2.36. The summed E-state index contributed by atoms with van der Waals surface area (Å²) < 4.78 is 1.66. The van der Waals surface area contributed by atoms with Gasteiger partial charge in [-0.2, -0.15) is 5.10 Å². The van der Waals surface area contributed by atoms with Crippen molar-refractivity contribution in [1.82, 2.24) is 14.7 Å². The second kappa shape index (κ2) is 7.47. The predicted octanol–water partition coefficient (Wildman–Crippen LogP) is 1.54. The molecule has 1 amide bonds. The fourth-order valence-corrected chi connectivity index (χ4v) is 1.81. The molecule has 0 aliphatic rings. The van der Waals surface area contributed by atoms with E-state index in [1.165, 1.54) is 6.08 Å². The van der Waals surface area contributed by atoms with Gasteiger partial charge >= 0.3 is 5.97 Å². The van der Waals surface area contributed by atoms with Gasteiger partial charge in [0.15, 0.2) is 0 Å². The summed E-state index contributed by atoms with van der Waals surface area (Å²) in [5.74, 6) is -0.957. The molecule has 1 heterocycles. The largest absolute Gasteiger partial charge is 0.481 e. The summed E-state index contributed by atoms with van der Waals surface area (Å²) in [5, 5.41) is 12.7. The highest BCUT2D eigenvalue weighted by Gasteiger charge is 2.14. The number of hydrogen-bond donors (Lipinski definition) is 1. The Bertz CT molecular complexity index is 492. The third-order valence-corrected chi connectivity index (χ3v) is 2.84. The number of amides is 1. The molecule has 1 aromatic rings. The van der Waals surface area contributed by atoms with Crippen molar-refractivity contribution < 1.29 is 14.7 Å². The summed E-state index contributed by atoms with van der Waals surface area (Å²) in [4.78, 5) is 24.3. The monoisotopic (exact) mass is 279 g/mol. The molecule has 1 aromatic heterocycles. The van der Waals surface area contributed by atoms with E-state index in [-0.39, 0.29) is 18.4 Å². The Labute approximate surface area is 118 Å². The van der Waals surface area contributed by atoms with Crippen molar-refractivity contribution in [3.63, 3.8) is 0 Å². The first kappa shape index (κ1) is 15.9. The zero-order chi connectivity index (χ0) is 15.1. The molecule has 0 saturated carbocycles. The van der Waals surface area contributed by atoms with Crippen molar-refractivity contribution >= 4 is 18.0 Å². The molecule has 0 aromatic carbocycles. The molecular weight excluding hydrogens is 258 g/mol. The molecule has 0 bridgehead atoms. The molecule has 6 nitrogen and oxygen atoms in total. The first-order chi connectivity index (χ1) is 9.40. The molecule has 110 valence electrons. The SMILES string of the molecule is CC(C)N(CCCC(=O)O)C(=O)/C=C/c1cnn(C)c1. The molecule has 0 spiro atoms. The van der Waals surface area contributed by atoms with E-state index >= 15 is 0 Å². The fourth-order valence-electron chi connectivity index (χ4n) is 1.81. The van der Waals surface area contributed by atoms with Crippen LogP contribution in [0.15, 0.2) is 18.5 Å². The highest BCUT2D eigenvalue weighted by molar-refractivity contribution is 5.91. The number of aryl methyl sites for hydroxylation is 1. The van der Waals surface area contributed by atoms with Gasteiger partial charge in [-0.05, 0) is 26.3 Å². The van der Waals surface area contributed by atoms with Crippen LogP contribution in [0.1, 0.15) is 32.3 Å². The van der Waals surface area contributed by atoms with Crippen molar-refractivity contribution in [2.24, 2.45) is 7.05 Å². The summed E-state index contributed by atoms with van der Waals surface area (Å²) in [6, 6.07) is 0.0369. The van der Waals surface area contributed by atoms with Crippen molar-refractivity contribution in [3.05, 3.63) is 24.0 Å². The van der Waals surface area contributed by atoms with Crippen molar-refractivity contribution in [3.8, 4) is 0 Å². The summed E-state index contributed by atoms with van der Waals surface area (Å²) in [7, 11) is 1.81. The standard InChI is InChI=1S/C14H21N3O3/c1-11(2)17(8-4-5-14(19)20)13(18)7-6-12-9-15-16(3)10-12/h6-7,9-11H,4-5,8H2,1-3H3,(H,19,20)/b7-6+. The van der Waals surface area contributed by atoms with Gasteiger partial charge in [0.1, 0.15) is 0 Å². The molecule has 6 heteroatoms. The molecule has 1 rings (SSSR count). The van der Waals surface area contributed by atoms with Gasteiger partial charge in [0.25, 0.3) is 0 Å². The van der Waals surface area contributed by atoms with E-state index in [0.717, 1.165) is 5.56 Å². The lowest BCUT2D eigenvalue weighted by molar-refractivity contribution is -0.138. The first-order valence-corrected chi connectivity index (χ1v) is 6.59. The third kappa shape index (κ3) is 5.26. The number of carbonyl (C=O) groups excluding carboxylic acids is 1. The lowest BCUT2D eigenvalue weighted by atomic mass is 10.2. The van der Waals surface area contributed by atoms with E-state index in [9.17, 15) is 9.59 Å². The molecule has 0 saturated heterocycles. The average molecular weight is 279 g/mol. The molecule has 0 aliphatic heterocycles. The Balaban J connectivity index is 2.59. The molecule has 0 atom stereocenters. The zero-order valence-electron chi connectivity index (χ0n) is 12.1. The quantitative estimate of drug-likeness (QED) is 0.768. The van der Waals surface area contributed by atoms with Gasteiger partial charge in [0.2, 0.25) is 5.91 Å². The van der Waals surface area contributed by atoms with Gasteiger partial charge in [-0.1, -0.05) is 0 Å². The Kier molecular flexibility index (Phi) is 5.96. The van der Waals surface area contributed by atoms with Crippen LogP contribution in [0.2, 0.25) is 0 Å². The van der Waals surface area contributed by atoms with Gasteiger partial charge in [-0.15, -0.1) is 0 Å². The van der Waals surface area contributed by atoms with Crippen LogP contribution in [0.3, 0.4) is 0 Å². The van der Waals surface area contributed by atoms with Gasteiger partial charge in [-0.25, -0.2) is 0 Å². The number of carboxylic acids is 1. The molecule has 0 fully saturated rings. The van der Waals surface area contributed by atoms with Gasteiger partial charge in [-0.3, -0.25) is 14.3 Å². The third-order valence-electron chi connectivity index (χ3n) is 2.84. The van der Waals surface area contributed by atoms with Crippen LogP contribution in [0, 0.1) is 0 Å². The van der Waals surface area contributed by atoms with Crippen LogP contribution in [0.25, 0.3) is 6.08 Å². The van der Waals surface area contributed by atoms with Gasteiger partial charge in [0, 0.05) is 43.9 Å². The molecule has 20 heavy (non-hydrogen) atoms. The highest BCUT2D eigenvalue weighted by Crippen LogP contribution is 2.06. The maximum atomic E-state index is 12.1. The average Bonchev–Trinajstić information content (AvgIpc) is 2.77. The van der Waals surface area contributed by atoms with E-state index in [1.807, 2.05) is 27.1 Å². The smallest absolute Gasteiger partial charge is 0.303 e. The van der Waals surface area contributed by atoms with Crippen LogP contribution in [0.5, 0.6) is 0 Å². The number of carboxylic acid groups (broad SMARTS) is 1. The predicted molar refractivity (Wildman–Crippen MR) is 76.0 cm³/mol. The highest BCUT2D eigenvalue weighted by atomic mass is 16.4. The van der Waals surface area contributed by atoms with Gasteiger partial charge in [0.05, 0.1) is 6.20 Å². The second-order valence-electron chi connectivity index (χ2n) is 4.90. The molecule has 1 N–H and O–H groups in total. The number of carbonyl (C=O) groups is 2. The molecule has 0 unspecified atom stereocenters. The van der Waals surface area contributed by atoms with Crippen LogP contribution in [-0.4, -0.2) is 44.3 Å². The lowest BCUT2D eigenvalue weighted by Gasteiger charge is -2.25. The first-order valence-electron chi connectivity index (χ1n) is 6.59. The number of aliphatic carboxylic acids is 1. The van der Waals surface area contributed by atoms with Crippen LogP contribution < -0.4 is 0 Å². The maximum absolute atomic E-state index is 12.1. The Morgan fingerprint density at radius 2 is 2.20 bits per heavy atom. The summed E-state index contributed by atoms with van der Waals surface area (Å²) in [6.45, 7) is 4.27. The van der Waals surface area contributed by atoms with Crippen LogP contribution in [-0.2, 0) is 16.6 Å². The van der Waals surface area contributed by atoms with E-state index in [1.54, 1.807) is 21.9 Å². The van der Waals surface area contributed by atoms with E-state index in [4.69, 9.17) is 5.11 Å². The summed E-state index contributed by atoms with van der Waals surface area (Å²) >= 11 is 0. The topological polar surface area (TPSA) is 75.4 Å². The van der Waals surface area contributed by atoms with Crippen molar-refractivity contribution in [2.45, 2.75) is 32.7 Å². The van der Waals surface area contributed by atoms with Crippen molar-refractivity contribution in [2.75, 3.05) is 6.54 Å². The van der Waals surface area contributed by atoms with E-state index in [2.05, 4.69) is 5.10 Å². The fraction of sp³-hybridized carbons (Fsp3) is 0.500. The minimum Gasteiger partial charge on any atom is -0.481 e. The Morgan fingerprint density at radius 3 is 2.70 bits per heavy atom. The number of aromatic nitrogens is 2. The van der Waals surface area contributed by atoms with Gasteiger partial charge < -0.3 is 10.0 Å². The Hall–Kier alpha value is -2.11. The van der Waals surface area contributed by atoms with E-state index in [0.29, 0.717) is 13.0 Å². The summed E-state index contributed by atoms with van der Waals surface area (Å²) in [5.41, 5.74) is 0.857.